The molecule has 4 nitrogen and oxygen atoms in total. The highest BCUT2D eigenvalue weighted by Crippen LogP contribution is 2.06. The number of benzene rings is 1. The lowest BCUT2D eigenvalue weighted by Gasteiger charge is -2.15. The van der Waals surface area contributed by atoms with Crippen LogP contribution in [0.4, 0.5) is 4.79 Å². The quantitative estimate of drug-likeness (QED) is 0.785. The lowest BCUT2D eigenvalue weighted by atomic mass is 10.1. The molecule has 0 aliphatic carbocycles. The van der Waals surface area contributed by atoms with Crippen molar-refractivity contribution in [3.05, 3.63) is 35.4 Å². The van der Waals surface area contributed by atoms with Gasteiger partial charge < -0.3 is 16.0 Å². The van der Waals surface area contributed by atoms with Crippen molar-refractivity contribution < 1.29 is 4.79 Å². The molecule has 1 aromatic carbocycles. The van der Waals surface area contributed by atoms with Gasteiger partial charge in [0.05, 0.1) is 6.54 Å². The lowest BCUT2D eigenvalue weighted by molar-refractivity contribution is 0.210. The monoisotopic (exact) mass is 245 g/mol. The number of rotatable bonds is 3. The van der Waals surface area contributed by atoms with Crippen molar-refractivity contribution in [1.29, 1.82) is 0 Å². The van der Waals surface area contributed by atoms with E-state index in [4.69, 9.17) is 5.73 Å². The Balaban J connectivity index is 2.70. The van der Waals surface area contributed by atoms with Crippen molar-refractivity contribution in [1.82, 2.24) is 10.2 Å². The zero-order chi connectivity index (χ0) is 13.4. The van der Waals surface area contributed by atoms with Gasteiger partial charge in [-0.3, -0.25) is 0 Å². The van der Waals surface area contributed by atoms with Crippen LogP contribution in [0, 0.1) is 11.8 Å². The second-order valence-electron chi connectivity index (χ2n) is 3.84. The van der Waals surface area contributed by atoms with E-state index in [2.05, 4.69) is 17.2 Å². The molecular weight excluding hydrogens is 226 g/mol. The van der Waals surface area contributed by atoms with Crippen LogP contribution in [0.2, 0.25) is 0 Å². The van der Waals surface area contributed by atoms with E-state index in [-0.39, 0.29) is 6.03 Å². The third kappa shape index (κ3) is 4.11. The normalized spacial score (nSPS) is 9.28. The van der Waals surface area contributed by atoms with Crippen LogP contribution < -0.4 is 11.1 Å². The van der Waals surface area contributed by atoms with Gasteiger partial charge in [-0.1, -0.05) is 30.0 Å². The van der Waals surface area contributed by atoms with Gasteiger partial charge in [-0.25, -0.2) is 4.79 Å². The first kappa shape index (κ1) is 14.1. The third-order valence-corrected chi connectivity index (χ3v) is 2.59. The molecule has 0 radical (unpaired) electrons. The van der Waals surface area contributed by atoms with Gasteiger partial charge >= 0.3 is 6.03 Å². The standard InChI is InChI=1S/C14H19N3O/c1-3-17(2)14(18)16-11-13-8-5-4-7-12(13)9-6-10-15/h4-5,7-8H,3,10-11,15H2,1-2H3,(H,16,18). The molecule has 0 atom stereocenters. The molecule has 0 bridgehead atoms. The zero-order valence-electron chi connectivity index (χ0n) is 10.9. The molecule has 96 valence electrons. The van der Waals surface area contributed by atoms with Crippen LogP contribution in [0.1, 0.15) is 18.1 Å². The van der Waals surface area contributed by atoms with E-state index in [1.54, 1.807) is 11.9 Å². The summed E-state index contributed by atoms with van der Waals surface area (Å²) in [6, 6.07) is 7.64. The van der Waals surface area contributed by atoms with Crippen LogP contribution in [0.3, 0.4) is 0 Å². The maximum atomic E-state index is 11.6. The van der Waals surface area contributed by atoms with Gasteiger partial charge in [0.25, 0.3) is 0 Å². The van der Waals surface area contributed by atoms with Gasteiger partial charge in [0.15, 0.2) is 0 Å². The highest BCUT2D eigenvalue weighted by Gasteiger charge is 2.06. The Morgan fingerprint density at radius 2 is 2.17 bits per heavy atom. The molecule has 3 N–H and O–H groups in total. The maximum Gasteiger partial charge on any atom is 0.317 e. The number of hydrogen-bond acceptors (Lipinski definition) is 2. The number of nitrogens with two attached hydrogens (primary N) is 1. The molecule has 1 aromatic rings. The van der Waals surface area contributed by atoms with E-state index >= 15 is 0 Å². The Morgan fingerprint density at radius 3 is 2.83 bits per heavy atom. The number of carbonyl (C=O) groups excluding carboxylic acids is 1. The number of nitrogens with zero attached hydrogens (tertiary/aromatic N) is 1. The molecule has 18 heavy (non-hydrogen) atoms. The highest BCUT2D eigenvalue weighted by molar-refractivity contribution is 5.73. The number of amides is 2. The molecule has 0 spiro atoms. The van der Waals surface area contributed by atoms with Gasteiger partial charge in [0.1, 0.15) is 0 Å². The molecule has 2 amide bonds. The van der Waals surface area contributed by atoms with Crippen LogP contribution in [0.25, 0.3) is 0 Å². The second kappa shape index (κ2) is 7.36. The molecule has 0 aliphatic heterocycles. The summed E-state index contributed by atoms with van der Waals surface area (Å²) in [5, 5.41) is 2.85. The van der Waals surface area contributed by atoms with E-state index < -0.39 is 0 Å². The topological polar surface area (TPSA) is 58.4 Å². The Hall–Kier alpha value is -1.99. The van der Waals surface area contributed by atoms with Crippen LogP contribution in [0.15, 0.2) is 24.3 Å². The van der Waals surface area contributed by atoms with Gasteiger partial charge in [0.2, 0.25) is 0 Å². The lowest BCUT2D eigenvalue weighted by Crippen LogP contribution is -2.36. The summed E-state index contributed by atoms with van der Waals surface area (Å²) in [5.74, 6) is 5.82. The van der Waals surface area contributed by atoms with Gasteiger partial charge in [-0.2, -0.15) is 0 Å². The summed E-state index contributed by atoms with van der Waals surface area (Å²) < 4.78 is 0. The molecule has 1 rings (SSSR count). The SMILES string of the molecule is CCN(C)C(=O)NCc1ccccc1C#CCN. The first-order chi connectivity index (χ1) is 8.69. The average Bonchev–Trinajstić information content (AvgIpc) is 2.42. The maximum absolute atomic E-state index is 11.6. The summed E-state index contributed by atoms with van der Waals surface area (Å²) in [4.78, 5) is 13.3. The molecule has 0 unspecified atom stereocenters. The number of nitrogens with one attached hydrogen (secondary N) is 1. The van der Waals surface area contributed by atoms with Crippen LogP contribution in [0.5, 0.6) is 0 Å². The third-order valence-electron chi connectivity index (χ3n) is 2.59. The Bertz CT molecular complexity index is 460. The van der Waals surface area contributed by atoms with E-state index in [1.807, 2.05) is 31.2 Å². The van der Waals surface area contributed by atoms with Crippen molar-refractivity contribution in [2.75, 3.05) is 20.1 Å². The summed E-state index contributed by atoms with van der Waals surface area (Å²) >= 11 is 0. The van der Waals surface area contributed by atoms with Crippen molar-refractivity contribution in [2.45, 2.75) is 13.5 Å². The van der Waals surface area contributed by atoms with Crippen LogP contribution >= 0.6 is 0 Å². The molecule has 0 saturated heterocycles. The summed E-state index contributed by atoms with van der Waals surface area (Å²) in [7, 11) is 1.76. The van der Waals surface area contributed by atoms with Crippen molar-refractivity contribution in [2.24, 2.45) is 5.73 Å². The largest absolute Gasteiger partial charge is 0.334 e. The van der Waals surface area contributed by atoms with Gasteiger partial charge in [0, 0.05) is 25.7 Å². The minimum absolute atomic E-state index is 0.0842. The predicted molar refractivity (Wildman–Crippen MR) is 72.9 cm³/mol. The van der Waals surface area contributed by atoms with E-state index in [0.717, 1.165) is 11.1 Å². The second-order valence-corrected chi connectivity index (χ2v) is 3.84. The van der Waals surface area contributed by atoms with Crippen molar-refractivity contribution >= 4 is 6.03 Å². The van der Waals surface area contributed by atoms with Gasteiger partial charge in [-0.05, 0) is 18.6 Å². The fraction of sp³-hybridized carbons (Fsp3) is 0.357. The minimum atomic E-state index is -0.0842. The van der Waals surface area contributed by atoms with Crippen LogP contribution in [-0.4, -0.2) is 31.1 Å². The Morgan fingerprint density at radius 1 is 1.44 bits per heavy atom. The van der Waals surface area contributed by atoms with E-state index in [0.29, 0.717) is 19.6 Å². The molecule has 0 aliphatic rings. The molecule has 0 heterocycles. The Kier molecular flexibility index (Phi) is 5.75. The van der Waals surface area contributed by atoms with Gasteiger partial charge in [-0.15, -0.1) is 0 Å². The molecular formula is C14H19N3O. The number of hydrogen-bond donors (Lipinski definition) is 2. The number of urea groups is 1. The molecule has 4 heteroatoms. The van der Waals surface area contributed by atoms with Crippen LogP contribution in [-0.2, 0) is 6.54 Å². The van der Waals surface area contributed by atoms with Crippen molar-refractivity contribution in [3.63, 3.8) is 0 Å². The Labute approximate surface area is 108 Å². The first-order valence-electron chi connectivity index (χ1n) is 5.94. The molecule has 0 saturated carbocycles. The fourth-order valence-electron chi connectivity index (χ4n) is 1.39. The van der Waals surface area contributed by atoms with Crippen molar-refractivity contribution in [3.8, 4) is 11.8 Å². The fourth-order valence-corrected chi connectivity index (χ4v) is 1.39. The minimum Gasteiger partial charge on any atom is -0.334 e. The first-order valence-corrected chi connectivity index (χ1v) is 5.94. The smallest absolute Gasteiger partial charge is 0.317 e. The number of carbonyl (C=O) groups is 1. The summed E-state index contributed by atoms with van der Waals surface area (Å²) in [6.45, 7) is 3.42. The van der Waals surface area contributed by atoms with E-state index in [1.165, 1.54) is 0 Å². The van der Waals surface area contributed by atoms with E-state index in [9.17, 15) is 4.79 Å². The average molecular weight is 245 g/mol. The zero-order valence-corrected chi connectivity index (χ0v) is 10.9. The summed E-state index contributed by atoms with van der Waals surface area (Å²) in [6.07, 6.45) is 0. The highest BCUT2D eigenvalue weighted by atomic mass is 16.2. The molecule has 0 aromatic heterocycles. The predicted octanol–water partition coefficient (Wildman–Crippen LogP) is 1.16. The summed E-state index contributed by atoms with van der Waals surface area (Å²) in [5.41, 5.74) is 7.26. The molecule has 0 fully saturated rings.